The molecule has 1 aliphatic heterocycles. The summed E-state index contributed by atoms with van der Waals surface area (Å²) in [6.07, 6.45) is 3.06. The molecule has 100 valence electrons. The minimum absolute atomic E-state index is 0.0686. The van der Waals surface area contributed by atoms with Crippen LogP contribution in [-0.4, -0.2) is 32.2 Å². The lowest BCUT2D eigenvalue weighted by Gasteiger charge is -2.17. The summed E-state index contributed by atoms with van der Waals surface area (Å²) in [6, 6.07) is 5.62. The van der Waals surface area contributed by atoms with Crippen LogP contribution in [-0.2, 0) is 9.53 Å². The Morgan fingerprint density at radius 2 is 2.26 bits per heavy atom. The molecule has 0 saturated carbocycles. The number of ether oxygens (including phenoxy) is 1. The van der Waals surface area contributed by atoms with Gasteiger partial charge in [-0.05, 0) is 36.3 Å². The minimum Gasteiger partial charge on any atom is -0.466 e. The standard InChI is InChI=1S/C14H16N2O3/c1-10-9-11(4-6-13(17)19-2)3-5-12(10)16-8-7-15-14(16)18/h3-6,9H,7-8H2,1-2H3,(H,15,18)/b6-4+. The maximum absolute atomic E-state index is 11.6. The van der Waals surface area contributed by atoms with E-state index in [4.69, 9.17) is 0 Å². The van der Waals surface area contributed by atoms with Gasteiger partial charge in [-0.15, -0.1) is 0 Å². The summed E-state index contributed by atoms with van der Waals surface area (Å²) < 4.78 is 4.53. The van der Waals surface area contributed by atoms with E-state index in [-0.39, 0.29) is 12.0 Å². The SMILES string of the molecule is COC(=O)/C=C/c1ccc(N2CCNC2=O)c(C)c1. The van der Waals surface area contributed by atoms with Gasteiger partial charge in [0.1, 0.15) is 0 Å². The van der Waals surface area contributed by atoms with Crippen LogP contribution in [0, 0.1) is 6.92 Å². The van der Waals surface area contributed by atoms with Gasteiger partial charge in [0.25, 0.3) is 0 Å². The number of hydrogen-bond donors (Lipinski definition) is 1. The number of methoxy groups -OCH3 is 1. The number of nitrogens with zero attached hydrogens (tertiary/aromatic N) is 1. The van der Waals surface area contributed by atoms with E-state index in [1.54, 1.807) is 11.0 Å². The Balaban J connectivity index is 2.20. The lowest BCUT2D eigenvalue weighted by molar-refractivity contribution is -0.134. The van der Waals surface area contributed by atoms with Crippen molar-refractivity contribution in [3.63, 3.8) is 0 Å². The average Bonchev–Trinajstić information content (AvgIpc) is 2.82. The van der Waals surface area contributed by atoms with E-state index in [2.05, 4.69) is 10.1 Å². The topological polar surface area (TPSA) is 58.6 Å². The molecular weight excluding hydrogens is 244 g/mol. The highest BCUT2D eigenvalue weighted by Gasteiger charge is 2.22. The number of rotatable bonds is 3. The third kappa shape index (κ3) is 2.93. The molecule has 0 aromatic heterocycles. The number of urea groups is 1. The zero-order valence-corrected chi connectivity index (χ0v) is 11.0. The Kier molecular flexibility index (Phi) is 3.85. The molecule has 1 fully saturated rings. The second-order valence-corrected chi connectivity index (χ2v) is 4.29. The summed E-state index contributed by atoms with van der Waals surface area (Å²) in [7, 11) is 1.34. The molecule has 1 N–H and O–H groups in total. The molecule has 1 aromatic carbocycles. The lowest BCUT2D eigenvalue weighted by atomic mass is 10.1. The van der Waals surface area contributed by atoms with Gasteiger partial charge < -0.3 is 10.1 Å². The maximum atomic E-state index is 11.6. The van der Waals surface area contributed by atoms with Crippen molar-refractivity contribution in [2.45, 2.75) is 6.92 Å². The van der Waals surface area contributed by atoms with Crippen LogP contribution in [0.25, 0.3) is 6.08 Å². The largest absolute Gasteiger partial charge is 0.466 e. The molecule has 2 rings (SSSR count). The number of carbonyl (C=O) groups is 2. The summed E-state index contributed by atoms with van der Waals surface area (Å²) in [5, 5.41) is 2.77. The number of nitrogens with one attached hydrogen (secondary N) is 1. The van der Waals surface area contributed by atoms with Gasteiger partial charge in [0.05, 0.1) is 7.11 Å². The molecule has 1 aromatic rings. The molecule has 1 saturated heterocycles. The number of carbonyl (C=O) groups excluding carboxylic acids is 2. The van der Waals surface area contributed by atoms with Crippen LogP contribution in [0.15, 0.2) is 24.3 Å². The first-order chi connectivity index (χ1) is 9.11. The van der Waals surface area contributed by atoms with Crippen molar-refractivity contribution in [2.24, 2.45) is 0 Å². The molecule has 0 bridgehead atoms. The van der Waals surface area contributed by atoms with Crippen LogP contribution in [0.2, 0.25) is 0 Å². The third-order valence-corrected chi connectivity index (χ3v) is 2.98. The van der Waals surface area contributed by atoms with E-state index in [1.807, 2.05) is 25.1 Å². The van der Waals surface area contributed by atoms with Crippen LogP contribution in [0.1, 0.15) is 11.1 Å². The van der Waals surface area contributed by atoms with E-state index in [9.17, 15) is 9.59 Å². The van der Waals surface area contributed by atoms with Crippen LogP contribution in [0.3, 0.4) is 0 Å². The number of benzene rings is 1. The van der Waals surface area contributed by atoms with E-state index >= 15 is 0 Å². The fourth-order valence-corrected chi connectivity index (χ4v) is 2.02. The fourth-order valence-electron chi connectivity index (χ4n) is 2.02. The van der Waals surface area contributed by atoms with E-state index in [0.717, 1.165) is 16.8 Å². The molecule has 19 heavy (non-hydrogen) atoms. The second-order valence-electron chi connectivity index (χ2n) is 4.29. The van der Waals surface area contributed by atoms with Gasteiger partial charge in [-0.2, -0.15) is 0 Å². The van der Waals surface area contributed by atoms with Crippen molar-refractivity contribution in [3.8, 4) is 0 Å². The lowest BCUT2D eigenvalue weighted by Crippen LogP contribution is -2.28. The highest BCUT2D eigenvalue weighted by Crippen LogP contribution is 2.23. The number of amides is 2. The molecule has 1 heterocycles. The molecular formula is C14H16N2O3. The molecule has 5 nitrogen and oxygen atoms in total. The Morgan fingerprint density at radius 3 is 2.84 bits per heavy atom. The zero-order valence-electron chi connectivity index (χ0n) is 11.0. The molecule has 1 aliphatic rings. The van der Waals surface area contributed by atoms with Crippen molar-refractivity contribution >= 4 is 23.8 Å². The average molecular weight is 260 g/mol. The van der Waals surface area contributed by atoms with Crippen molar-refractivity contribution in [2.75, 3.05) is 25.1 Å². The Hall–Kier alpha value is -2.30. The molecule has 0 radical (unpaired) electrons. The normalized spacial score (nSPS) is 14.8. The van der Waals surface area contributed by atoms with Crippen LogP contribution in [0.4, 0.5) is 10.5 Å². The highest BCUT2D eigenvalue weighted by atomic mass is 16.5. The monoisotopic (exact) mass is 260 g/mol. The molecule has 0 unspecified atom stereocenters. The summed E-state index contributed by atoms with van der Waals surface area (Å²) in [5.41, 5.74) is 2.78. The number of anilines is 1. The maximum Gasteiger partial charge on any atom is 0.330 e. The number of esters is 1. The first kappa shape index (κ1) is 13.1. The minimum atomic E-state index is -0.388. The van der Waals surface area contributed by atoms with Gasteiger partial charge in [-0.3, -0.25) is 4.90 Å². The van der Waals surface area contributed by atoms with Gasteiger partial charge in [0.15, 0.2) is 0 Å². The van der Waals surface area contributed by atoms with Crippen molar-refractivity contribution in [1.29, 1.82) is 0 Å². The molecule has 2 amide bonds. The molecule has 0 atom stereocenters. The summed E-state index contributed by atoms with van der Waals surface area (Å²) in [4.78, 5) is 24.3. The van der Waals surface area contributed by atoms with Crippen LogP contribution < -0.4 is 10.2 Å². The first-order valence-electron chi connectivity index (χ1n) is 6.04. The second kappa shape index (κ2) is 5.56. The van der Waals surface area contributed by atoms with Gasteiger partial charge in [-0.1, -0.05) is 6.07 Å². The third-order valence-electron chi connectivity index (χ3n) is 2.98. The predicted octanol–water partition coefficient (Wildman–Crippen LogP) is 1.71. The Morgan fingerprint density at radius 1 is 1.47 bits per heavy atom. The van der Waals surface area contributed by atoms with Crippen molar-refractivity contribution < 1.29 is 14.3 Å². The van der Waals surface area contributed by atoms with Crippen molar-refractivity contribution in [1.82, 2.24) is 5.32 Å². The smallest absolute Gasteiger partial charge is 0.330 e. The highest BCUT2D eigenvalue weighted by molar-refractivity contribution is 5.95. The van der Waals surface area contributed by atoms with Crippen molar-refractivity contribution in [3.05, 3.63) is 35.4 Å². The Bertz CT molecular complexity index is 537. The van der Waals surface area contributed by atoms with E-state index < -0.39 is 0 Å². The number of hydrogen-bond acceptors (Lipinski definition) is 3. The van der Waals surface area contributed by atoms with Gasteiger partial charge in [-0.25, -0.2) is 9.59 Å². The van der Waals surface area contributed by atoms with Crippen LogP contribution in [0.5, 0.6) is 0 Å². The fraction of sp³-hybridized carbons (Fsp3) is 0.286. The van der Waals surface area contributed by atoms with Gasteiger partial charge >= 0.3 is 12.0 Å². The quantitative estimate of drug-likeness (QED) is 0.665. The summed E-state index contributed by atoms with van der Waals surface area (Å²) in [5.74, 6) is -0.388. The predicted molar refractivity (Wildman–Crippen MR) is 73.0 cm³/mol. The summed E-state index contributed by atoms with van der Waals surface area (Å²) >= 11 is 0. The van der Waals surface area contributed by atoms with Crippen LogP contribution >= 0.6 is 0 Å². The first-order valence-corrected chi connectivity index (χ1v) is 6.04. The number of aryl methyl sites for hydroxylation is 1. The van der Waals surface area contributed by atoms with E-state index in [0.29, 0.717) is 13.1 Å². The molecule has 5 heteroatoms. The summed E-state index contributed by atoms with van der Waals surface area (Å²) in [6.45, 7) is 3.29. The van der Waals surface area contributed by atoms with Gasteiger partial charge in [0.2, 0.25) is 0 Å². The van der Waals surface area contributed by atoms with Gasteiger partial charge in [0, 0.05) is 24.9 Å². The van der Waals surface area contributed by atoms with E-state index in [1.165, 1.54) is 13.2 Å². The Labute approximate surface area is 111 Å². The zero-order chi connectivity index (χ0) is 13.8. The molecule has 0 spiro atoms. The molecule has 0 aliphatic carbocycles.